The van der Waals surface area contributed by atoms with Gasteiger partial charge in [-0.2, -0.15) is 0 Å². The number of hydrogen-bond donors (Lipinski definition) is 0. The van der Waals surface area contributed by atoms with E-state index in [0.29, 0.717) is 0 Å². The van der Waals surface area contributed by atoms with Gasteiger partial charge in [0, 0.05) is 0 Å². The van der Waals surface area contributed by atoms with Crippen molar-refractivity contribution in [2.75, 3.05) is 0 Å². The van der Waals surface area contributed by atoms with Crippen molar-refractivity contribution in [1.82, 2.24) is 0 Å². The van der Waals surface area contributed by atoms with Crippen LogP contribution in [0.25, 0.3) is 36.5 Å². The van der Waals surface area contributed by atoms with Gasteiger partial charge in [0.25, 0.3) is 0 Å². The van der Waals surface area contributed by atoms with Crippen molar-refractivity contribution in [2.45, 2.75) is 26.2 Å². The Bertz CT molecular complexity index is 1560. The maximum absolute atomic E-state index is 2.29. The monoisotopic (exact) mass is 516 g/mol. The van der Waals surface area contributed by atoms with Gasteiger partial charge in [-0.15, -0.1) is 0 Å². The molecule has 5 aromatic carbocycles. The Morgan fingerprint density at radius 3 is 1.23 bits per heavy atom. The van der Waals surface area contributed by atoms with Crippen molar-refractivity contribution in [2.24, 2.45) is 0 Å². The van der Waals surface area contributed by atoms with Crippen molar-refractivity contribution >= 4 is 36.5 Å². The number of benzene rings is 5. The zero-order valence-electron chi connectivity index (χ0n) is 23.2. The minimum atomic E-state index is 1.11. The molecule has 0 radical (unpaired) electrons. The highest BCUT2D eigenvalue weighted by Gasteiger charge is 1.98. The van der Waals surface area contributed by atoms with Gasteiger partial charge in [-0.3, -0.25) is 0 Å². The Labute approximate surface area is 239 Å². The van der Waals surface area contributed by atoms with Gasteiger partial charge >= 0.3 is 0 Å². The third kappa shape index (κ3) is 8.41. The highest BCUT2D eigenvalue weighted by molar-refractivity contribution is 5.74. The van der Waals surface area contributed by atoms with E-state index >= 15 is 0 Å². The summed E-state index contributed by atoms with van der Waals surface area (Å²) in [5.74, 6) is 0. The van der Waals surface area contributed by atoms with Crippen LogP contribution in [0.3, 0.4) is 0 Å². The molecule has 5 rings (SSSR count). The first kappa shape index (κ1) is 26.9. The predicted molar refractivity (Wildman–Crippen MR) is 176 cm³/mol. The number of rotatable bonds is 10. The minimum absolute atomic E-state index is 1.11. The topological polar surface area (TPSA) is 0 Å². The van der Waals surface area contributed by atoms with E-state index in [1.807, 2.05) is 6.07 Å². The summed E-state index contributed by atoms with van der Waals surface area (Å²) in [5.41, 5.74) is 11.4. The van der Waals surface area contributed by atoms with Crippen molar-refractivity contribution in [3.05, 3.63) is 177 Å². The Morgan fingerprint density at radius 1 is 0.375 bits per heavy atom. The third-order valence-electron chi connectivity index (χ3n) is 7.07. The number of hydrogen-bond acceptors (Lipinski definition) is 0. The average molecular weight is 517 g/mol. The van der Waals surface area contributed by atoms with Crippen LogP contribution < -0.4 is 0 Å². The molecule has 0 spiro atoms. The lowest BCUT2D eigenvalue weighted by Gasteiger charge is -2.04. The fourth-order valence-electron chi connectivity index (χ4n) is 4.74. The summed E-state index contributed by atoms with van der Waals surface area (Å²) < 4.78 is 0. The van der Waals surface area contributed by atoms with Gasteiger partial charge in [0.15, 0.2) is 0 Å². The summed E-state index contributed by atoms with van der Waals surface area (Å²) in [7, 11) is 0. The maximum Gasteiger partial charge on any atom is -0.0256 e. The molecular formula is C40H36. The minimum Gasteiger partial charge on any atom is -0.0622 e. The van der Waals surface area contributed by atoms with Crippen molar-refractivity contribution in [1.29, 1.82) is 0 Å². The standard InChI is InChI=1S/C40H36/c1-32-7-5-11-40(31-32)12-6-10-34-14-17-36(18-15-34)21-24-38-26-29-39(30-27-38)28-25-37-22-19-35(20-23-37)16-13-33-8-3-2-4-9-33/h2-5,7-9,11,13-31H,6,10,12H2,1H3/b16-13+,24-21+,28-25+. The van der Waals surface area contributed by atoms with Crippen LogP contribution in [0.4, 0.5) is 0 Å². The molecule has 0 bridgehead atoms. The molecule has 0 amide bonds. The van der Waals surface area contributed by atoms with Crippen LogP contribution >= 0.6 is 0 Å². The Hall–Kier alpha value is -4.68. The molecule has 0 aliphatic carbocycles. The van der Waals surface area contributed by atoms with E-state index in [2.05, 4.69) is 165 Å². The van der Waals surface area contributed by atoms with Crippen LogP contribution in [-0.2, 0) is 12.8 Å². The summed E-state index contributed by atoms with van der Waals surface area (Å²) in [6.45, 7) is 2.16. The molecule has 0 nitrogen and oxygen atoms in total. The van der Waals surface area contributed by atoms with Crippen LogP contribution in [0.5, 0.6) is 0 Å². The van der Waals surface area contributed by atoms with E-state index in [1.54, 1.807) is 0 Å². The van der Waals surface area contributed by atoms with Gasteiger partial charge in [0.1, 0.15) is 0 Å². The first-order valence-corrected chi connectivity index (χ1v) is 14.1. The van der Waals surface area contributed by atoms with E-state index in [1.165, 1.54) is 56.5 Å². The second kappa shape index (κ2) is 13.9. The van der Waals surface area contributed by atoms with E-state index in [-0.39, 0.29) is 0 Å². The molecule has 0 heterocycles. The van der Waals surface area contributed by atoms with Crippen LogP contribution in [-0.4, -0.2) is 0 Å². The average Bonchev–Trinajstić information content (AvgIpc) is 3.00. The molecule has 5 aromatic rings. The maximum atomic E-state index is 2.29. The molecule has 0 saturated heterocycles. The lowest BCUT2D eigenvalue weighted by Crippen LogP contribution is -1.90. The molecule has 0 heteroatoms. The zero-order chi connectivity index (χ0) is 27.4. The molecule has 196 valence electrons. The molecule has 0 aliphatic heterocycles. The Kier molecular flexibility index (Phi) is 9.36. The fourth-order valence-corrected chi connectivity index (χ4v) is 4.74. The first-order valence-electron chi connectivity index (χ1n) is 14.1. The zero-order valence-corrected chi connectivity index (χ0v) is 23.2. The van der Waals surface area contributed by atoms with Crippen molar-refractivity contribution in [3.8, 4) is 0 Å². The Balaban J connectivity index is 1.10. The van der Waals surface area contributed by atoms with Gasteiger partial charge < -0.3 is 0 Å². The largest absolute Gasteiger partial charge is 0.0622 e. The van der Waals surface area contributed by atoms with Crippen molar-refractivity contribution in [3.63, 3.8) is 0 Å². The summed E-state index contributed by atoms with van der Waals surface area (Å²) >= 11 is 0. The van der Waals surface area contributed by atoms with Crippen LogP contribution in [0.15, 0.2) is 127 Å². The lowest BCUT2D eigenvalue weighted by atomic mass is 10.0. The highest BCUT2D eigenvalue weighted by Crippen LogP contribution is 2.16. The summed E-state index contributed by atoms with van der Waals surface area (Å²) in [4.78, 5) is 0. The highest BCUT2D eigenvalue weighted by atomic mass is 14.0. The smallest absolute Gasteiger partial charge is 0.0256 e. The molecular weight excluding hydrogens is 480 g/mol. The first-order chi connectivity index (χ1) is 19.7. The van der Waals surface area contributed by atoms with Crippen molar-refractivity contribution < 1.29 is 0 Å². The van der Waals surface area contributed by atoms with E-state index in [9.17, 15) is 0 Å². The lowest BCUT2D eigenvalue weighted by molar-refractivity contribution is 0.820. The summed E-state index contributed by atoms with van der Waals surface area (Å²) in [6.07, 6.45) is 16.4. The molecule has 40 heavy (non-hydrogen) atoms. The van der Waals surface area contributed by atoms with Gasteiger partial charge in [0.05, 0.1) is 0 Å². The van der Waals surface area contributed by atoms with Gasteiger partial charge in [-0.05, 0) is 70.7 Å². The second-order valence-electron chi connectivity index (χ2n) is 10.3. The predicted octanol–water partition coefficient (Wildman–Crippen LogP) is 10.7. The molecule has 0 N–H and O–H groups in total. The van der Waals surface area contributed by atoms with Crippen LogP contribution in [0, 0.1) is 6.92 Å². The second-order valence-corrected chi connectivity index (χ2v) is 10.3. The van der Waals surface area contributed by atoms with Gasteiger partial charge in [-0.1, -0.05) is 169 Å². The molecule has 0 aliphatic rings. The van der Waals surface area contributed by atoms with E-state index in [0.717, 1.165) is 12.8 Å². The van der Waals surface area contributed by atoms with Crippen LogP contribution in [0.2, 0.25) is 0 Å². The summed E-state index contributed by atoms with van der Waals surface area (Å²) in [6, 6.07) is 45.5. The van der Waals surface area contributed by atoms with Gasteiger partial charge in [0.2, 0.25) is 0 Å². The van der Waals surface area contributed by atoms with Crippen LogP contribution in [0.1, 0.15) is 56.5 Å². The SMILES string of the molecule is Cc1cccc(CCCc2ccc(/C=C/c3ccc(/C=C/c4ccc(/C=C/c5ccccc5)cc4)cc3)cc2)c1. The molecule has 0 aromatic heterocycles. The molecule has 0 saturated carbocycles. The summed E-state index contributed by atoms with van der Waals surface area (Å²) in [5, 5.41) is 0. The normalized spacial score (nSPS) is 11.6. The van der Waals surface area contributed by atoms with E-state index in [4.69, 9.17) is 0 Å². The van der Waals surface area contributed by atoms with E-state index < -0.39 is 0 Å². The molecule has 0 fully saturated rings. The molecule has 0 unspecified atom stereocenters. The number of aryl methyl sites for hydroxylation is 3. The fraction of sp³-hybridized carbons (Fsp3) is 0.100. The van der Waals surface area contributed by atoms with Gasteiger partial charge in [-0.25, -0.2) is 0 Å². The Morgan fingerprint density at radius 2 is 0.775 bits per heavy atom. The quantitative estimate of drug-likeness (QED) is 0.162. The molecule has 0 atom stereocenters. The third-order valence-corrected chi connectivity index (χ3v) is 7.07.